The number of carbonyl (C=O) groups is 1. The van der Waals surface area contributed by atoms with E-state index in [-0.39, 0.29) is 5.78 Å². The standard InChI is InChI=1S/C15H20O2/c1-2-3-12-4-6-14(7-5-12)15(16)10-13-8-9-17-11-13/h4-7,13H,2-3,8-11H2,1H3. The van der Waals surface area contributed by atoms with Gasteiger partial charge in [-0.2, -0.15) is 0 Å². The molecule has 1 saturated heterocycles. The van der Waals surface area contributed by atoms with Crippen LogP contribution in [0.4, 0.5) is 0 Å². The number of carbonyl (C=O) groups excluding carboxylic acids is 1. The Labute approximate surface area is 103 Å². The van der Waals surface area contributed by atoms with Crippen LogP contribution in [0, 0.1) is 5.92 Å². The van der Waals surface area contributed by atoms with Crippen LogP contribution in [0.1, 0.15) is 42.1 Å². The molecule has 0 aromatic heterocycles. The summed E-state index contributed by atoms with van der Waals surface area (Å²) in [5.41, 5.74) is 2.16. The SMILES string of the molecule is CCCc1ccc(C(=O)CC2CCOC2)cc1. The van der Waals surface area contributed by atoms with E-state index in [0.29, 0.717) is 12.3 Å². The largest absolute Gasteiger partial charge is 0.381 e. The minimum Gasteiger partial charge on any atom is -0.381 e. The van der Waals surface area contributed by atoms with Gasteiger partial charge in [0.05, 0.1) is 0 Å². The maximum Gasteiger partial charge on any atom is 0.163 e. The van der Waals surface area contributed by atoms with Crippen molar-refractivity contribution in [1.82, 2.24) is 0 Å². The van der Waals surface area contributed by atoms with Gasteiger partial charge < -0.3 is 4.74 Å². The summed E-state index contributed by atoms with van der Waals surface area (Å²) in [6, 6.07) is 8.07. The van der Waals surface area contributed by atoms with E-state index in [4.69, 9.17) is 4.74 Å². The predicted octanol–water partition coefficient (Wildman–Crippen LogP) is 3.25. The van der Waals surface area contributed by atoms with E-state index < -0.39 is 0 Å². The van der Waals surface area contributed by atoms with Gasteiger partial charge in [0.1, 0.15) is 0 Å². The van der Waals surface area contributed by atoms with Crippen molar-refractivity contribution in [3.8, 4) is 0 Å². The van der Waals surface area contributed by atoms with Gasteiger partial charge in [0.2, 0.25) is 0 Å². The highest BCUT2D eigenvalue weighted by Crippen LogP contribution is 2.19. The average Bonchev–Trinajstić information content (AvgIpc) is 2.83. The molecule has 1 aliphatic rings. The molecule has 1 aromatic carbocycles. The van der Waals surface area contributed by atoms with Gasteiger partial charge >= 0.3 is 0 Å². The number of ether oxygens (including phenoxy) is 1. The van der Waals surface area contributed by atoms with Gasteiger partial charge in [-0.05, 0) is 24.3 Å². The van der Waals surface area contributed by atoms with E-state index in [1.54, 1.807) is 0 Å². The third-order valence-corrected chi connectivity index (χ3v) is 3.31. The van der Waals surface area contributed by atoms with Crippen molar-refractivity contribution in [2.75, 3.05) is 13.2 Å². The zero-order valence-electron chi connectivity index (χ0n) is 10.4. The van der Waals surface area contributed by atoms with Crippen LogP contribution >= 0.6 is 0 Å². The molecule has 1 aliphatic heterocycles. The second-order valence-electron chi connectivity index (χ2n) is 4.80. The van der Waals surface area contributed by atoms with Crippen LogP contribution in [-0.4, -0.2) is 19.0 Å². The lowest BCUT2D eigenvalue weighted by Gasteiger charge is -2.07. The number of rotatable bonds is 5. The van der Waals surface area contributed by atoms with Crippen LogP contribution in [0.2, 0.25) is 0 Å². The van der Waals surface area contributed by atoms with Gasteiger partial charge in [-0.3, -0.25) is 4.79 Å². The summed E-state index contributed by atoms with van der Waals surface area (Å²) in [4.78, 5) is 12.0. The van der Waals surface area contributed by atoms with Crippen LogP contribution in [0.25, 0.3) is 0 Å². The molecule has 0 spiro atoms. The topological polar surface area (TPSA) is 26.3 Å². The van der Waals surface area contributed by atoms with Crippen LogP contribution in [-0.2, 0) is 11.2 Å². The van der Waals surface area contributed by atoms with E-state index in [1.165, 1.54) is 5.56 Å². The van der Waals surface area contributed by atoms with E-state index in [1.807, 2.05) is 12.1 Å². The lowest BCUT2D eigenvalue weighted by molar-refractivity contribution is 0.0953. The Morgan fingerprint density at radius 1 is 1.35 bits per heavy atom. The molecule has 0 aliphatic carbocycles. The maximum absolute atomic E-state index is 12.0. The van der Waals surface area contributed by atoms with Crippen molar-refractivity contribution in [3.05, 3.63) is 35.4 Å². The Balaban J connectivity index is 1.93. The van der Waals surface area contributed by atoms with Gasteiger partial charge in [-0.15, -0.1) is 0 Å². The molecule has 2 heteroatoms. The summed E-state index contributed by atoms with van der Waals surface area (Å²) in [7, 11) is 0. The Kier molecular flexibility index (Phi) is 4.32. The van der Waals surface area contributed by atoms with Crippen LogP contribution < -0.4 is 0 Å². The summed E-state index contributed by atoms with van der Waals surface area (Å²) in [6.07, 6.45) is 3.89. The number of benzene rings is 1. The predicted molar refractivity (Wildman–Crippen MR) is 68.3 cm³/mol. The first-order valence-corrected chi connectivity index (χ1v) is 6.49. The van der Waals surface area contributed by atoms with E-state index in [2.05, 4.69) is 19.1 Å². The highest BCUT2D eigenvalue weighted by Gasteiger charge is 2.19. The highest BCUT2D eigenvalue weighted by molar-refractivity contribution is 5.96. The van der Waals surface area contributed by atoms with Crippen molar-refractivity contribution in [1.29, 1.82) is 0 Å². The molecule has 1 atom stereocenters. The Bertz CT molecular complexity index is 361. The van der Waals surface area contributed by atoms with Crippen molar-refractivity contribution >= 4 is 5.78 Å². The summed E-state index contributed by atoms with van der Waals surface area (Å²) in [6.45, 7) is 3.73. The Hall–Kier alpha value is -1.15. The fourth-order valence-corrected chi connectivity index (χ4v) is 2.27. The Morgan fingerprint density at radius 2 is 2.12 bits per heavy atom. The molecule has 0 radical (unpaired) electrons. The first kappa shape index (κ1) is 12.3. The average molecular weight is 232 g/mol. The monoisotopic (exact) mass is 232 g/mol. The molecule has 92 valence electrons. The lowest BCUT2D eigenvalue weighted by atomic mass is 9.97. The van der Waals surface area contributed by atoms with Crippen molar-refractivity contribution in [3.63, 3.8) is 0 Å². The van der Waals surface area contributed by atoms with Gasteiger partial charge in [-0.1, -0.05) is 37.6 Å². The minimum atomic E-state index is 0.253. The van der Waals surface area contributed by atoms with E-state index in [9.17, 15) is 4.79 Å². The molecule has 1 heterocycles. The first-order chi connectivity index (χ1) is 8.29. The normalized spacial score (nSPS) is 19.5. The second kappa shape index (κ2) is 5.97. The summed E-state index contributed by atoms with van der Waals surface area (Å²) >= 11 is 0. The van der Waals surface area contributed by atoms with Gasteiger partial charge in [0.15, 0.2) is 5.78 Å². The van der Waals surface area contributed by atoms with Crippen LogP contribution in [0.15, 0.2) is 24.3 Å². The second-order valence-corrected chi connectivity index (χ2v) is 4.80. The van der Waals surface area contributed by atoms with Gasteiger partial charge in [-0.25, -0.2) is 0 Å². The number of Topliss-reactive ketones (excluding diaryl/α,β-unsaturated/α-hetero) is 1. The fraction of sp³-hybridized carbons (Fsp3) is 0.533. The maximum atomic E-state index is 12.0. The Morgan fingerprint density at radius 3 is 2.71 bits per heavy atom. The smallest absolute Gasteiger partial charge is 0.163 e. The van der Waals surface area contributed by atoms with Gasteiger partial charge in [0, 0.05) is 25.2 Å². The number of hydrogen-bond acceptors (Lipinski definition) is 2. The first-order valence-electron chi connectivity index (χ1n) is 6.49. The molecule has 0 saturated carbocycles. The van der Waals surface area contributed by atoms with Crippen molar-refractivity contribution in [2.45, 2.75) is 32.6 Å². The fourth-order valence-electron chi connectivity index (χ4n) is 2.27. The third kappa shape index (κ3) is 3.40. The molecule has 2 rings (SSSR count). The van der Waals surface area contributed by atoms with Gasteiger partial charge in [0.25, 0.3) is 0 Å². The minimum absolute atomic E-state index is 0.253. The summed E-state index contributed by atoms with van der Waals surface area (Å²) in [5, 5.41) is 0. The molecular weight excluding hydrogens is 212 g/mol. The highest BCUT2D eigenvalue weighted by atomic mass is 16.5. The zero-order chi connectivity index (χ0) is 12.1. The zero-order valence-corrected chi connectivity index (χ0v) is 10.4. The van der Waals surface area contributed by atoms with Crippen LogP contribution in [0.5, 0.6) is 0 Å². The third-order valence-electron chi connectivity index (χ3n) is 3.31. The van der Waals surface area contributed by atoms with Crippen molar-refractivity contribution in [2.24, 2.45) is 5.92 Å². The molecule has 0 amide bonds. The molecule has 2 nitrogen and oxygen atoms in total. The number of ketones is 1. The summed E-state index contributed by atoms with van der Waals surface area (Å²) < 4.78 is 5.29. The molecule has 0 bridgehead atoms. The lowest BCUT2D eigenvalue weighted by Crippen LogP contribution is -2.08. The van der Waals surface area contributed by atoms with E-state index >= 15 is 0 Å². The number of aryl methyl sites for hydroxylation is 1. The molecule has 1 fully saturated rings. The summed E-state index contributed by atoms with van der Waals surface area (Å²) in [5.74, 6) is 0.682. The molecule has 1 aromatic rings. The number of hydrogen-bond donors (Lipinski definition) is 0. The van der Waals surface area contributed by atoms with Crippen LogP contribution in [0.3, 0.4) is 0 Å². The molecule has 17 heavy (non-hydrogen) atoms. The van der Waals surface area contributed by atoms with E-state index in [0.717, 1.165) is 38.0 Å². The van der Waals surface area contributed by atoms with Crippen molar-refractivity contribution < 1.29 is 9.53 Å². The quantitative estimate of drug-likeness (QED) is 0.728. The molecule has 0 N–H and O–H groups in total. The molecule has 1 unspecified atom stereocenters. The molecular formula is C15H20O2.